The van der Waals surface area contributed by atoms with Crippen LogP contribution in [0.3, 0.4) is 0 Å². The lowest BCUT2D eigenvalue weighted by Crippen LogP contribution is -2.52. The third kappa shape index (κ3) is 4.58. The summed E-state index contributed by atoms with van der Waals surface area (Å²) >= 11 is 0. The van der Waals surface area contributed by atoms with Gasteiger partial charge < -0.3 is 14.5 Å². The Morgan fingerprint density at radius 1 is 1.10 bits per heavy atom. The summed E-state index contributed by atoms with van der Waals surface area (Å²) in [5.74, 6) is 0.00690. The minimum Gasteiger partial charge on any atom is -0.373 e. The molecule has 164 valence electrons. The molecule has 2 atom stereocenters. The van der Waals surface area contributed by atoms with Crippen LogP contribution >= 0.6 is 0 Å². The number of aromatic nitrogens is 4. The largest absolute Gasteiger partial charge is 0.373 e. The van der Waals surface area contributed by atoms with E-state index in [0.717, 1.165) is 51.3 Å². The van der Waals surface area contributed by atoms with Gasteiger partial charge in [0.2, 0.25) is 0 Å². The van der Waals surface area contributed by atoms with Gasteiger partial charge in [-0.1, -0.05) is 0 Å². The van der Waals surface area contributed by atoms with E-state index >= 15 is 0 Å². The highest BCUT2D eigenvalue weighted by Crippen LogP contribution is 2.31. The second kappa shape index (κ2) is 9.28. The number of aryl methyl sites for hydroxylation is 2. The molecule has 2 fully saturated rings. The van der Waals surface area contributed by atoms with Gasteiger partial charge in [0.15, 0.2) is 0 Å². The van der Waals surface area contributed by atoms with Gasteiger partial charge in [-0.2, -0.15) is 10.2 Å². The van der Waals surface area contributed by atoms with Gasteiger partial charge in [-0.3, -0.25) is 19.1 Å². The predicted octanol–water partition coefficient (Wildman–Crippen LogP) is 0.856. The van der Waals surface area contributed by atoms with E-state index in [0.29, 0.717) is 18.7 Å². The minimum absolute atomic E-state index is 0.00690. The van der Waals surface area contributed by atoms with Crippen LogP contribution in [0.5, 0.6) is 0 Å². The fourth-order valence-corrected chi connectivity index (χ4v) is 4.45. The third-order valence-electron chi connectivity index (χ3n) is 6.13. The first kappa shape index (κ1) is 21.0. The molecule has 4 rings (SSSR count). The lowest BCUT2D eigenvalue weighted by Gasteiger charge is -2.42. The fourth-order valence-electron chi connectivity index (χ4n) is 4.45. The molecular weight excluding hydrogens is 382 g/mol. The Balaban J connectivity index is 1.58. The Hall–Kier alpha value is -2.23. The number of rotatable bonds is 5. The summed E-state index contributed by atoms with van der Waals surface area (Å²) in [6.07, 6.45) is 8.42. The maximum atomic E-state index is 13.4. The van der Waals surface area contributed by atoms with Gasteiger partial charge in [0.05, 0.1) is 36.7 Å². The summed E-state index contributed by atoms with van der Waals surface area (Å²) < 4.78 is 9.84. The molecule has 0 aliphatic carbocycles. The molecule has 1 amide bonds. The van der Waals surface area contributed by atoms with Crippen LogP contribution in [-0.2, 0) is 18.3 Å². The van der Waals surface area contributed by atoms with E-state index in [4.69, 9.17) is 4.74 Å². The van der Waals surface area contributed by atoms with Crippen LogP contribution in [0.1, 0.15) is 35.3 Å². The van der Waals surface area contributed by atoms with E-state index in [9.17, 15) is 4.79 Å². The first-order valence-corrected chi connectivity index (χ1v) is 10.9. The van der Waals surface area contributed by atoms with Crippen molar-refractivity contribution in [3.8, 4) is 0 Å². The molecule has 0 radical (unpaired) electrons. The number of hydrogen-bond donors (Lipinski definition) is 0. The number of ether oxygens (including phenoxy) is 1. The van der Waals surface area contributed by atoms with Crippen LogP contribution in [-0.4, -0.2) is 99.2 Å². The van der Waals surface area contributed by atoms with E-state index in [1.807, 2.05) is 37.5 Å². The van der Waals surface area contributed by atoms with Crippen molar-refractivity contribution >= 4 is 5.91 Å². The van der Waals surface area contributed by atoms with Crippen molar-refractivity contribution in [2.45, 2.75) is 32.0 Å². The summed E-state index contributed by atoms with van der Waals surface area (Å²) in [6, 6.07) is -0.161. The molecule has 30 heavy (non-hydrogen) atoms. The van der Waals surface area contributed by atoms with Gasteiger partial charge >= 0.3 is 0 Å². The topological polar surface area (TPSA) is 71.7 Å². The summed E-state index contributed by atoms with van der Waals surface area (Å²) in [5.41, 5.74) is 1.65. The molecule has 4 heterocycles. The van der Waals surface area contributed by atoms with Crippen molar-refractivity contribution in [2.24, 2.45) is 7.05 Å². The Labute approximate surface area is 178 Å². The Bertz CT molecular complexity index is 848. The number of morpholine rings is 1. The average molecular weight is 416 g/mol. The molecular formula is C21H33N7O2. The molecule has 9 heteroatoms. The molecule has 0 bridgehead atoms. The zero-order valence-electron chi connectivity index (χ0n) is 18.3. The van der Waals surface area contributed by atoms with Crippen molar-refractivity contribution in [1.29, 1.82) is 0 Å². The molecule has 2 aliphatic heterocycles. The Kier molecular flexibility index (Phi) is 6.50. The molecule has 0 aromatic carbocycles. The molecule has 2 aromatic rings. The molecule has 0 N–H and O–H groups in total. The minimum atomic E-state index is -0.161. The summed E-state index contributed by atoms with van der Waals surface area (Å²) in [4.78, 5) is 20.2. The zero-order valence-corrected chi connectivity index (χ0v) is 18.3. The van der Waals surface area contributed by atoms with Gasteiger partial charge in [-0.25, -0.2) is 0 Å². The van der Waals surface area contributed by atoms with Crippen LogP contribution in [0.2, 0.25) is 0 Å². The van der Waals surface area contributed by atoms with E-state index in [2.05, 4.69) is 27.0 Å². The molecule has 2 aliphatic rings. The monoisotopic (exact) mass is 415 g/mol. The average Bonchev–Trinajstić information content (AvgIpc) is 3.35. The molecule has 2 aromatic heterocycles. The fraction of sp³-hybridized carbons (Fsp3) is 0.667. The van der Waals surface area contributed by atoms with Crippen molar-refractivity contribution in [1.82, 2.24) is 34.3 Å². The number of carbonyl (C=O) groups excluding carboxylic acids is 1. The number of nitrogens with zero attached hydrogens (tertiary/aromatic N) is 7. The molecule has 0 saturated carbocycles. The summed E-state index contributed by atoms with van der Waals surface area (Å²) in [7, 11) is 4.08. The first-order valence-electron chi connectivity index (χ1n) is 10.9. The third-order valence-corrected chi connectivity index (χ3v) is 6.13. The first-order chi connectivity index (χ1) is 14.5. The van der Waals surface area contributed by atoms with Crippen molar-refractivity contribution in [2.75, 3.05) is 52.9 Å². The van der Waals surface area contributed by atoms with Crippen LogP contribution in [0, 0.1) is 0 Å². The molecule has 2 saturated heterocycles. The lowest BCUT2D eigenvalue weighted by molar-refractivity contribution is -0.0723. The van der Waals surface area contributed by atoms with Gasteiger partial charge in [-0.05, 0) is 33.5 Å². The van der Waals surface area contributed by atoms with Crippen LogP contribution in [0.4, 0.5) is 0 Å². The molecule has 9 nitrogen and oxygen atoms in total. The van der Waals surface area contributed by atoms with Crippen molar-refractivity contribution < 1.29 is 9.53 Å². The second-order valence-electron chi connectivity index (χ2n) is 8.34. The quantitative estimate of drug-likeness (QED) is 0.721. The number of amides is 1. The second-order valence-corrected chi connectivity index (χ2v) is 8.34. The van der Waals surface area contributed by atoms with Crippen LogP contribution in [0.15, 0.2) is 24.8 Å². The highest BCUT2D eigenvalue weighted by molar-refractivity contribution is 5.94. The van der Waals surface area contributed by atoms with Crippen LogP contribution in [0.25, 0.3) is 0 Å². The van der Waals surface area contributed by atoms with E-state index in [-0.39, 0.29) is 18.1 Å². The maximum Gasteiger partial charge on any atom is 0.257 e. The Morgan fingerprint density at radius 2 is 1.97 bits per heavy atom. The van der Waals surface area contributed by atoms with Gasteiger partial charge in [0.25, 0.3) is 5.91 Å². The number of likely N-dealkylation sites (N-methyl/N-ethyl adjacent to an activating group) is 1. The number of hydrogen-bond acceptors (Lipinski definition) is 6. The van der Waals surface area contributed by atoms with E-state index in [1.165, 1.54) is 0 Å². The van der Waals surface area contributed by atoms with Crippen molar-refractivity contribution in [3.05, 3.63) is 35.9 Å². The highest BCUT2D eigenvalue weighted by atomic mass is 16.5. The Morgan fingerprint density at radius 3 is 2.70 bits per heavy atom. The smallest absolute Gasteiger partial charge is 0.257 e. The van der Waals surface area contributed by atoms with Gasteiger partial charge in [0, 0.05) is 57.7 Å². The highest BCUT2D eigenvalue weighted by Gasteiger charge is 2.38. The van der Waals surface area contributed by atoms with Gasteiger partial charge in [0.1, 0.15) is 0 Å². The van der Waals surface area contributed by atoms with Crippen molar-refractivity contribution in [3.63, 3.8) is 0 Å². The lowest BCUT2D eigenvalue weighted by atomic mass is 9.99. The van der Waals surface area contributed by atoms with Gasteiger partial charge in [-0.15, -0.1) is 0 Å². The van der Waals surface area contributed by atoms with E-state index in [1.54, 1.807) is 15.6 Å². The molecule has 0 unspecified atom stereocenters. The normalized spacial score (nSPS) is 24.2. The molecule has 0 spiro atoms. The summed E-state index contributed by atoms with van der Waals surface area (Å²) in [5, 5.41) is 8.66. The summed E-state index contributed by atoms with van der Waals surface area (Å²) in [6.45, 7) is 8.94. The van der Waals surface area contributed by atoms with Crippen LogP contribution < -0.4 is 0 Å². The standard InChI is InChI=1S/C21H33N7O2/c1-4-27-15-18(13-23-27)21(29)28-10-11-30-19(20(28)17-12-22-25(3)14-17)16-26-7-5-6-24(2)8-9-26/h12-15,19-20H,4-11,16H2,1-3H3/t19-,20-/m0/s1. The predicted molar refractivity (Wildman–Crippen MR) is 113 cm³/mol. The maximum absolute atomic E-state index is 13.4. The zero-order chi connectivity index (χ0) is 21.1. The van der Waals surface area contributed by atoms with E-state index < -0.39 is 0 Å². The SMILES string of the molecule is CCn1cc(C(=O)N2CCO[C@@H](CN3CCCN(C)CC3)[C@@H]2c2cnn(C)c2)cn1. The number of carbonyl (C=O) groups is 1.